The van der Waals surface area contributed by atoms with Crippen LogP contribution in [0.25, 0.3) is 0 Å². The van der Waals surface area contributed by atoms with Gasteiger partial charge in [-0.3, -0.25) is 9.59 Å². The summed E-state index contributed by atoms with van der Waals surface area (Å²) in [6.07, 6.45) is -0.865. The number of hydrogen-bond donors (Lipinski definition) is 1. The summed E-state index contributed by atoms with van der Waals surface area (Å²) in [5, 5.41) is 2.69. The zero-order valence-electron chi connectivity index (χ0n) is 17.5. The van der Waals surface area contributed by atoms with Gasteiger partial charge < -0.3 is 19.7 Å². The van der Waals surface area contributed by atoms with Gasteiger partial charge in [0.2, 0.25) is 5.91 Å². The van der Waals surface area contributed by atoms with E-state index < -0.39 is 29.2 Å². The molecule has 2 amide bonds. The minimum Gasteiger partial charge on any atom is -0.444 e. The summed E-state index contributed by atoms with van der Waals surface area (Å²) >= 11 is 0. The van der Waals surface area contributed by atoms with Crippen molar-refractivity contribution in [3.05, 3.63) is 0 Å². The molecule has 1 unspecified atom stereocenters. The van der Waals surface area contributed by atoms with Crippen molar-refractivity contribution in [3.63, 3.8) is 0 Å². The molecule has 7 nitrogen and oxygen atoms in total. The molecule has 4 atom stereocenters. The maximum atomic E-state index is 13.3. The minimum absolute atomic E-state index is 0.0877. The van der Waals surface area contributed by atoms with Crippen molar-refractivity contribution in [3.8, 4) is 0 Å². The SMILES string of the molecule is CO[C@H]1CN(C(=O)[C@@H](NC(=O)OC(C)(C)C)C(C)(C)C)[C@H](C(C)=O)C1C. The average Bonchev–Trinajstić information content (AvgIpc) is 2.78. The molecule has 1 fully saturated rings. The molecule has 1 rings (SSSR count). The number of ketones is 1. The molecular formula is C19H34N2O5. The Morgan fingerprint density at radius 1 is 1.12 bits per heavy atom. The maximum absolute atomic E-state index is 13.3. The number of rotatable bonds is 4. The quantitative estimate of drug-likeness (QED) is 0.821. The Morgan fingerprint density at radius 2 is 1.65 bits per heavy atom. The van der Waals surface area contributed by atoms with E-state index in [1.54, 1.807) is 27.9 Å². The third-order valence-corrected chi connectivity index (χ3v) is 4.57. The fourth-order valence-electron chi connectivity index (χ4n) is 3.31. The van der Waals surface area contributed by atoms with Gasteiger partial charge in [0.1, 0.15) is 11.6 Å². The predicted molar refractivity (Wildman–Crippen MR) is 98.8 cm³/mol. The molecule has 0 aromatic heterocycles. The first-order valence-electron chi connectivity index (χ1n) is 9.02. The second-order valence-corrected chi connectivity index (χ2v) is 9.12. The van der Waals surface area contributed by atoms with E-state index in [0.29, 0.717) is 6.54 Å². The van der Waals surface area contributed by atoms with Gasteiger partial charge >= 0.3 is 6.09 Å². The number of carbonyl (C=O) groups excluding carboxylic acids is 3. The lowest BCUT2D eigenvalue weighted by atomic mass is 9.85. The summed E-state index contributed by atoms with van der Waals surface area (Å²) < 4.78 is 10.7. The number of carbonyl (C=O) groups is 3. The third kappa shape index (κ3) is 5.43. The van der Waals surface area contributed by atoms with Crippen molar-refractivity contribution in [2.45, 2.75) is 79.2 Å². The molecule has 26 heavy (non-hydrogen) atoms. The zero-order chi connectivity index (χ0) is 20.4. The number of likely N-dealkylation sites (tertiary alicyclic amines) is 1. The highest BCUT2D eigenvalue weighted by molar-refractivity contribution is 5.92. The van der Waals surface area contributed by atoms with Crippen LogP contribution in [0.3, 0.4) is 0 Å². The fraction of sp³-hybridized carbons (Fsp3) is 0.842. The van der Waals surface area contributed by atoms with E-state index in [9.17, 15) is 14.4 Å². The molecule has 0 radical (unpaired) electrons. The Bertz CT molecular complexity index is 547. The molecule has 0 aromatic carbocycles. The summed E-state index contributed by atoms with van der Waals surface area (Å²) in [5.41, 5.74) is -1.22. The van der Waals surface area contributed by atoms with Crippen LogP contribution in [-0.2, 0) is 19.1 Å². The number of ether oxygens (including phenoxy) is 2. The molecule has 0 bridgehead atoms. The number of hydrogen-bond acceptors (Lipinski definition) is 5. The van der Waals surface area contributed by atoms with Crippen LogP contribution in [0.2, 0.25) is 0 Å². The lowest BCUT2D eigenvalue weighted by Gasteiger charge is -2.35. The van der Waals surface area contributed by atoms with Gasteiger partial charge in [-0.2, -0.15) is 0 Å². The molecule has 1 aliphatic heterocycles. The summed E-state index contributed by atoms with van der Waals surface area (Å²) in [6, 6.07) is -1.38. The standard InChI is InChI=1S/C19H34N2O5/c1-11-13(25-9)10-21(14(11)12(2)22)16(23)15(18(3,4)5)20-17(24)26-19(6,7)8/h11,13-15H,10H2,1-9H3,(H,20,24)/t11?,13-,14-,15+/m0/s1. The zero-order valence-corrected chi connectivity index (χ0v) is 17.5. The van der Waals surface area contributed by atoms with E-state index in [0.717, 1.165) is 0 Å². The van der Waals surface area contributed by atoms with Crippen LogP contribution >= 0.6 is 0 Å². The highest BCUT2D eigenvalue weighted by Crippen LogP contribution is 2.31. The highest BCUT2D eigenvalue weighted by Gasteiger charge is 2.48. The van der Waals surface area contributed by atoms with Gasteiger partial charge in [-0.05, 0) is 33.1 Å². The Labute approximate surface area is 156 Å². The molecular weight excluding hydrogens is 336 g/mol. The molecule has 1 N–H and O–H groups in total. The number of nitrogens with one attached hydrogen (secondary N) is 1. The van der Waals surface area contributed by atoms with Crippen molar-refractivity contribution < 1.29 is 23.9 Å². The van der Waals surface area contributed by atoms with Crippen LogP contribution in [0.5, 0.6) is 0 Å². The molecule has 1 heterocycles. The highest BCUT2D eigenvalue weighted by atomic mass is 16.6. The van der Waals surface area contributed by atoms with E-state index in [1.165, 1.54) is 11.8 Å². The van der Waals surface area contributed by atoms with Gasteiger partial charge in [0, 0.05) is 19.6 Å². The van der Waals surface area contributed by atoms with Gasteiger partial charge in [-0.25, -0.2) is 4.79 Å². The first-order chi connectivity index (χ1) is 11.7. The smallest absolute Gasteiger partial charge is 0.408 e. The number of methoxy groups -OCH3 is 1. The third-order valence-electron chi connectivity index (χ3n) is 4.57. The monoisotopic (exact) mass is 370 g/mol. The second kappa shape index (κ2) is 7.94. The van der Waals surface area contributed by atoms with E-state index in [4.69, 9.17) is 9.47 Å². The molecule has 7 heteroatoms. The molecule has 0 spiro atoms. The van der Waals surface area contributed by atoms with Crippen LogP contribution in [-0.4, -0.2) is 60.1 Å². The Morgan fingerprint density at radius 3 is 2.04 bits per heavy atom. The summed E-state index contributed by atoms with van der Waals surface area (Å²) in [6.45, 7) is 14.6. The Kier molecular flexibility index (Phi) is 6.85. The van der Waals surface area contributed by atoms with Crippen LogP contribution in [0.4, 0.5) is 4.79 Å². The Hall–Kier alpha value is -1.63. The molecule has 150 valence electrons. The topological polar surface area (TPSA) is 84.9 Å². The number of amides is 2. The fourth-order valence-corrected chi connectivity index (χ4v) is 3.31. The van der Waals surface area contributed by atoms with Crippen LogP contribution in [0.1, 0.15) is 55.4 Å². The summed E-state index contributed by atoms with van der Waals surface area (Å²) in [7, 11) is 1.58. The van der Waals surface area contributed by atoms with Crippen LogP contribution in [0.15, 0.2) is 0 Å². The van der Waals surface area contributed by atoms with Crippen molar-refractivity contribution in [2.75, 3.05) is 13.7 Å². The normalized spacial score (nSPS) is 25.0. The minimum atomic E-state index is -0.818. The number of Topliss-reactive ketones (excluding diaryl/α,β-unsaturated/α-hetero) is 1. The van der Waals surface area contributed by atoms with Gasteiger partial charge in [-0.15, -0.1) is 0 Å². The van der Waals surface area contributed by atoms with Crippen molar-refractivity contribution >= 4 is 17.8 Å². The van der Waals surface area contributed by atoms with Crippen molar-refractivity contribution in [1.82, 2.24) is 10.2 Å². The largest absolute Gasteiger partial charge is 0.444 e. The number of nitrogens with zero attached hydrogens (tertiary/aromatic N) is 1. The average molecular weight is 370 g/mol. The van der Waals surface area contributed by atoms with E-state index in [1.807, 2.05) is 27.7 Å². The molecule has 0 aliphatic carbocycles. The second-order valence-electron chi connectivity index (χ2n) is 9.12. The van der Waals surface area contributed by atoms with Crippen LogP contribution in [0, 0.1) is 11.3 Å². The van der Waals surface area contributed by atoms with Gasteiger partial charge in [0.25, 0.3) is 0 Å². The van der Waals surface area contributed by atoms with Gasteiger partial charge in [-0.1, -0.05) is 27.7 Å². The molecule has 1 saturated heterocycles. The molecule has 0 aromatic rings. The Balaban J connectivity index is 3.09. The lowest BCUT2D eigenvalue weighted by Crippen LogP contribution is -2.57. The van der Waals surface area contributed by atoms with E-state index in [2.05, 4.69) is 5.32 Å². The first-order valence-corrected chi connectivity index (χ1v) is 9.02. The van der Waals surface area contributed by atoms with Gasteiger partial charge in [0.15, 0.2) is 5.78 Å². The molecule has 1 aliphatic rings. The maximum Gasteiger partial charge on any atom is 0.408 e. The van der Waals surface area contributed by atoms with Crippen LogP contribution < -0.4 is 5.32 Å². The lowest BCUT2D eigenvalue weighted by molar-refractivity contribution is -0.141. The predicted octanol–water partition coefficient (Wildman–Crippen LogP) is 2.38. The summed E-state index contributed by atoms with van der Waals surface area (Å²) in [4.78, 5) is 39.2. The van der Waals surface area contributed by atoms with Crippen molar-refractivity contribution in [1.29, 1.82) is 0 Å². The van der Waals surface area contributed by atoms with E-state index >= 15 is 0 Å². The number of alkyl carbamates (subject to hydrolysis) is 1. The van der Waals surface area contributed by atoms with Crippen molar-refractivity contribution in [2.24, 2.45) is 11.3 Å². The summed E-state index contributed by atoms with van der Waals surface area (Å²) in [5.74, 6) is -0.492. The van der Waals surface area contributed by atoms with Gasteiger partial charge in [0.05, 0.1) is 12.1 Å². The van der Waals surface area contributed by atoms with E-state index in [-0.39, 0.29) is 23.7 Å². The first kappa shape index (κ1) is 22.4. The molecule has 0 saturated carbocycles.